The third kappa shape index (κ3) is 3.11. The summed E-state index contributed by atoms with van der Waals surface area (Å²) < 4.78 is 32.5. The van der Waals surface area contributed by atoms with Crippen molar-refractivity contribution in [1.29, 1.82) is 0 Å². The lowest BCUT2D eigenvalue weighted by molar-refractivity contribution is 0.303. The Balaban J connectivity index is 1.76. The first kappa shape index (κ1) is 13.0. The van der Waals surface area contributed by atoms with Gasteiger partial charge in [0.25, 0.3) is 10.0 Å². The molecule has 0 aromatic heterocycles. The number of rotatable bonds is 5. The average Bonchev–Trinajstić information content (AvgIpc) is 3.24. The number of ether oxygens (including phenoxy) is 1. The van der Waals surface area contributed by atoms with Crippen molar-refractivity contribution in [3.63, 3.8) is 0 Å². The van der Waals surface area contributed by atoms with Gasteiger partial charge < -0.3 is 4.74 Å². The predicted octanol–water partition coefficient (Wildman–Crippen LogP) is 3.03. The summed E-state index contributed by atoms with van der Waals surface area (Å²) in [5, 5.41) is 0. The van der Waals surface area contributed by atoms with E-state index in [2.05, 4.69) is 4.72 Å². The summed E-state index contributed by atoms with van der Waals surface area (Å²) in [5.74, 6) is 0.714. The molecule has 0 atom stereocenters. The molecule has 1 fully saturated rings. The lowest BCUT2D eigenvalue weighted by Gasteiger charge is -2.09. The van der Waals surface area contributed by atoms with E-state index < -0.39 is 10.0 Å². The molecule has 1 N–H and O–H groups in total. The molecule has 20 heavy (non-hydrogen) atoms. The van der Waals surface area contributed by atoms with Gasteiger partial charge in [-0.05, 0) is 49.2 Å². The molecule has 0 unspecified atom stereocenters. The molecule has 104 valence electrons. The zero-order chi connectivity index (χ0) is 14.0. The summed E-state index contributed by atoms with van der Waals surface area (Å²) in [4.78, 5) is 0.226. The predicted molar refractivity (Wildman–Crippen MR) is 77.3 cm³/mol. The molecule has 0 aliphatic heterocycles. The second-order valence-electron chi connectivity index (χ2n) is 4.76. The van der Waals surface area contributed by atoms with Crippen LogP contribution in [0.2, 0.25) is 0 Å². The maximum absolute atomic E-state index is 12.2. The Hall–Kier alpha value is -2.01. The Labute approximate surface area is 118 Å². The molecule has 2 aromatic carbocycles. The fraction of sp³-hybridized carbons (Fsp3) is 0.200. The van der Waals surface area contributed by atoms with Crippen LogP contribution in [0.4, 0.5) is 5.69 Å². The van der Waals surface area contributed by atoms with E-state index in [0.29, 0.717) is 17.5 Å². The SMILES string of the molecule is O=S(=O)(Nc1ccccc1)c1ccc(OC2CC2)cc1. The van der Waals surface area contributed by atoms with Crippen LogP contribution in [0.1, 0.15) is 12.8 Å². The fourth-order valence-corrected chi connectivity index (χ4v) is 2.85. The van der Waals surface area contributed by atoms with Gasteiger partial charge in [-0.15, -0.1) is 0 Å². The van der Waals surface area contributed by atoms with E-state index in [-0.39, 0.29) is 4.90 Å². The van der Waals surface area contributed by atoms with E-state index in [1.807, 2.05) is 6.07 Å². The van der Waals surface area contributed by atoms with Crippen molar-refractivity contribution < 1.29 is 13.2 Å². The molecule has 0 amide bonds. The minimum absolute atomic E-state index is 0.226. The molecule has 1 saturated carbocycles. The molecule has 0 saturated heterocycles. The number of benzene rings is 2. The molecule has 5 heteroatoms. The lowest BCUT2D eigenvalue weighted by atomic mass is 10.3. The topological polar surface area (TPSA) is 55.4 Å². The molecule has 0 heterocycles. The van der Waals surface area contributed by atoms with Gasteiger partial charge in [0.1, 0.15) is 5.75 Å². The number of sulfonamides is 1. The van der Waals surface area contributed by atoms with Crippen molar-refractivity contribution in [3.05, 3.63) is 54.6 Å². The maximum atomic E-state index is 12.2. The van der Waals surface area contributed by atoms with Crippen LogP contribution in [0.15, 0.2) is 59.5 Å². The molecule has 4 nitrogen and oxygen atoms in total. The Morgan fingerprint density at radius 1 is 0.950 bits per heavy atom. The van der Waals surface area contributed by atoms with Crippen molar-refractivity contribution >= 4 is 15.7 Å². The van der Waals surface area contributed by atoms with Crippen LogP contribution in [0.3, 0.4) is 0 Å². The minimum Gasteiger partial charge on any atom is -0.490 e. The standard InChI is InChI=1S/C15H15NO3S/c17-20(18,16-12-4-2-1-3-5-12)15-10-8-14(9-11-15)19-13-6-7-13/h1-5,8-11,13,16H,6-7H2. The van der Waals surface area contributed by atoms with Crippen LogP contribution in [0.5, 0.6) is 5.75 Å². The summed E-state index contributed by atoms with van der Waals surface area (Å²) in [6, 6.07) is 15.3. The quantitative estimate of drug-likeness (QED) is 0.920. The fourth-order valence-electron chi connectivity index (χ4n) is 1.80. The second kappa shape index (κ2) is 5.17. The highest BCUT2D eigenvalue weighted by molar-refractivity contribution is 7.92. The lowest BCUT2D eigenvalue weighted by Crippen LogP contribution is -2.12. The van der Waals surface area contributed by atoms with Crippen LogP contribution in [0, 0.1) is 0 Å². The number of hydrogen-bond acceptors (Lipinski definition) is 3. The Morgan fingerprint density at radius 2 is 1.60 bits per heavy atom. The van der Waals surface area contributed by atoms with Crippen LogP contribution < -0.4 is 9.46 Å². The first-order valence-corrected chi connectivity index (χ1v) is 7.96. The van der Waals surface area contributed by atoms with E-state index in [1.165, 1.54) is 0 Å². The molecule has 3 rings (SSSR count). The molecule has 0 spiro atoms. The van der Waals surface area contributed by atoms with Gasteiger partial charge >= 0.3 is 0 Å². The van der Waals surface area contributed by atoms with Crippen molar-refractivity contribution in [2.75, 3.05) is 4.72 Å². The van der Waals surface area contributed by atoms with Gasteiger partial charge in [-0.1, -0.05) is 18.2 Å². The van der Waals surface area contributed by atoms with Crippen molar-refractivity contribution in [1.82, 2.24) is 0 Å². The van der Waals surface area contributed by atoms with Gasteiger partial charge in [-0.2, -0.15) is 0 Å². The zero-order valence-corrected chi connectivity index (χ0v) is 11.6. The molecule has 2 aromatic rings. The Kier molecular flexibility index (Phi) is 3.36. The van der Waals surface area contributed by atoms with E-state index in [1.54, 1.807) is 48.5 Å². The number of nitrogens with one attached hydrogen (secondary N) is 1. The van der Waals surface area contributed by atoms with E-state index in [4.69, 9.17) is 4.74 Å². The Bertz CT molecular complexity index is 677. The smallest absolute Gasteiger partial charge is 0.261 e. The highest BCUT2D eigenvalue weighted by Gasteiger charge is 2.23. The van der Waals surface area contributed by atoms with Crippen LogP contribution in [0.25, 0.3) is 0 Å². The van der Waals surface area contributed by atoms with Crippen molar-refractivity contribution in [2.45, 2.75) is 23.8 Å². The third-order valence-electron chi connectivity index (χ3n) is 2.99. The maximum Gasteiger partial charge on any atom is 0.261 e. The van der Waals surface area contributed by atoms with Gasteiger partial charge in [0.15, 0.2) is 0 Å². The van der Waals surface area contributed by atoms with Crippen molar-refractivity contribution in [3.8, 4) is 5.75 Å². The van der Waals surface area contributed by atoms with E-state index in [9.17, 15) is 8.42 Å². The van der Waals surface area contributed by atoms with Gasteiger partial charge in [-0.25, -0.2) is 8.42 Å². The third-order valence-corrected chi connectivity index (χ3v) is 4.38. The molecule has 1 aliphatic carbocycles. The average molecular weight is 289 g/mol. The molecule has 1 aliphatic rings. The zero-order valence-electron chi connectivity index (χ0n) is 10.8. The van der Waals surface area contributed by atoms with Gasteiger partial charge in [-0.3, -0.25) is 4.72 Å². The summed E-state index contributed by atoms with van der Waals surface area (Å²) in [7, 11) is -3.55. The Morgan fingerprint density at radius 3 is 2.20 bits per heavy atom. The molecular weight excluding hydrogens is 274 g/mol. The van der Waals surface area contributed by atoms with E-state index in [0.717, 1.165) is 12.8 Å². The second-order valence-corrected chi connectivity index (χ2v) is 6.44. The number of anilines is 1. The van der Waals surface area contributed by atoms with Crippen LogP contribution in [-0.4, -0.2) is 14.5 Å². The normalized spacial score (nSPS) is 14.8. The van der Waals surface area contributed by atoms with Crippen LogP contribution in [-0.2, 0) is 10.0 Å². The number of para-hydroxylation sites is 1. The monoisotopic (exact) mass is 289 g/mol. The minimum atomic E-state index is -3.55. The summed E-state index contributed by atoms with van der Waals surface area (Å²) in [6.07, 6.45) is 2.46. The number of hydrogen-bond donors (Lipinski definition) is 1. The molecular formula is C15H15NO3S. The van der Waals surface area contributed by atoms with Gasteiger partial charge in [0.05, 0.1) is 11.0 Å². The highest BCUT2D eigenvalue weighted by Crippen LogP contribution is 2.27. The van der Waals surface area contributed by atoms with Crippen molar-refractivity contribution in [2.24, 2.45) is 0 Å². The largest absolute Gasteiger partial charge is 0.490 e. The molecule has 0 radical (unpaired) electrons. The summed E-state index contributed by atoms with van der Waals surface area (Å²) in [6.45, 7) is 0. The van der Waals surface area contributed by atoms with E-state index >= 15 is 0 Å². The molecule has 0 bridgehead atoms. The van der Waals surface area contributed by atoms with Gasteiger partial charge in [0.2, 0.25) is 0 Å². The first-order chi connectivity index (χ1) is 9.63. The van der Waals surface area contributed by atoms with Crippen LogP contribution >= 0.6 is 0 Å². The van der Waals surface area contributed by atoms with Gasteiger partial charge in [0, 0.05) is 5.69 Å². The highest BCUT2D eigenvalue weighted by atomic mass is 32.2. The first-order valence-electron chi connectivity index (χ1n) is 6.48. The summed E-state index contributed by atoms with van der Waals surface area (Å²) in [5.41, 5.74) is 0.547. The summed E-state index contributed by atoms with van der Waals surface area (Å²) >= 11 is 0.